The molecule has 2 N–H and O–H groups in total. The van der Waals surface area contributed by atoms with Crippen LogP contribution in [-0.4, -0.2) is 68.1 Å². The number of carbonyl (C=O) groups is 2. The third kappa shape index (κ3) is 6.81. The zero-order valence-corrected chi connectivity index (χ0v) is 16.6. The van der Waals surface area contributed by atoms with Crippen molar-refractivity contribution in [2.24, 2.45) is 0 Å². The highest BCUT2D eigenvalue weighted by atomic mass is 19.4. The summed E-state index contributed by atoms with van der Waals surface area (Å²) >= 11 is 0. The van der Waals surface area contributed by atoms with Crippen molar-refractivity contribution in [3.8, 4) is 5.75 Å². The lowest BCUT2D eigenvalue weighted by Gasteiger charge is -2.34. The van der Waals surface area contributed by atoms with Gasteiger partial charge < -0.3 is 20.3 Å². The standard InChI is InChI=1S/C19H27F3N4O3/c1-3-6-23-17(27)13-25-7-9-26(10-8-25)18(28)24-12-14-4-5-15(29-2)11-16(14)19(20,21)22/h4-5,11H,3,6-10,12-13H2,1-2H3,(H,23,27)(H,24,28). The highest BCUT2D eigenvalue weighted by molar-refractivity contribution is 5.78. The number of ether oxygens (including phenoxy) is 1. The normalized spacial score (nSPS) is 15.1. The van der Waals surface area contributed by atoms with Crippen LogP contribution in [0.4, 0.5) is 18.0 Å². The average Bonchev–Trinajstić information content (AvgIpc) is 2.70. The van der Waals surface area contributed by atoms with Crippen LogP contribution in [0.25, 0.3) is 0 Å². The summed E-state index contributed by atoms with van der Waals surface area (Å²) in [5.41, 5.74) is -0.863. The van der Waals surface area contributed by atoms with Crippen LogP contribution in [0.2, 0.25) is 0 Å². The Morgan fingerprint density at radius 1 is 1.14 bits per heavy atom. The van der Waals surface area contributed by atoms with Crippen LogP contribution in [0.3, 0.4) is 0 Å². The minimum Gasteiger partial charge on any atom is -0.497 e. The zero-order chi connectivity index (χ0) is 21.4. The van der Waals surface area contributed by atoms with Gasteiger partial charge in [-0.2, -0.15) is 13.2 Å². The van der Waals surface area contributed by atoms with Crippen molar-refractivity contribution in [2.45, 2.75) is 26.1 Å². The van der Waals surface area contributed by atoms with Crippen molar-refractivity contribution in [3.63, 3.8) is 0 Å². The fourth-order valence-corrected chi connectivity index (χ4v) is 3.02. The van der Waals surface area contributed by atoms with Crippen molar-refractivity contribution in [1.29, 1.82) is 0 Å². The van der Waals surface area contributed by atoms with Gasteiger partial charge in [-0.1, -0.05) is 13.0 Å². The predicted molar refractivity (Wildman–Crippen MR) is 102 cm³/mol. The Morgan fingerprint density at radius 2 is 1.83 bits per heavy atom. The van der Waals surface area contributed by atoms with E-state index in [9.17, 15) is 22.8 Å². The molecular weight excluding hydrogens is 389 g/mol. The van der Waals surface area contributed by atoms with Crippen molar-refractivity contribution >= 4 is 11.9 Å². The molecule has 0 unspecified atom stereocenters. The molecule has 162 valence electrons. The Kier molecular flexibility index (Phi) is 8.12. The minimum atomic E-state index is -4.54. The number of urea groups is 1. The molecule has 1 fully saturated rings. The second-order valence-corrected chi connectivity index (χ2v) is 6.79. The molecule has 7 nitrogen and oxygen atoms in total. The average molecular weight is 416 g/mol. The van der Waals surface area contributed by atoms with Crippen LogP contribution in [0.5, 0.6) is 5.75 Å². The van der Waals surface area contributed by atoms with Gasteiger partial charge in [-0.25, -0.2) is 4.79 Å². The van der Waals surface area contributed by atoms with E-state index < -0.39 is 17.8 Å². The van der Waals surface area contributed by atoms with Gasteiger partial charge in [0, 0.05) is 39.3 Å². The number of nitrogens with zero attached hydrogens (tertiary/aromatic N) is 2. The van der Waals surface area contributed by atoms with Gasteiger partial charge in [0.1, 0.15) is 5.75 Å². The van der Waals surface area contributed by atoms with Crippen LogP contribution in [-0.2, 0) is 17.5 Å². The first kappa shape index (κ1) is 22.8. The molecule has 0 atom stereocenters. The quantitative estimate of drug-likeness (QED) is 0.714. The van der Waals surface area contributed by atoms with Crippen LogP contribution in [0, 0.1) is 0 Å². The van der Waals surface area contributed by atoms with Crippen LogP contribution in [0.1, 0.15) is 24.5 Å². The van der Waals surface area contributed by atoms with Gasteiger partial charge in [-0.05, 0) is 24.1 Å². The van der Waals surface area contributed by atoms with E-state index in [0.717, 1.165) is 12.5 Å². The minimum absolute atomic E-state index is 0.0297. The van der Waals surface area contributed by atoms with E-state index in [4.69, 9.17) is 4.74 Å². The largest absolute Gasteiger partial charge is 0.497 e. The number of halogens is 3. The topological polar surface area (TPSA) is 73.9 Å². The lowest BCUT2D eigenvalue weighted by Crippen LogP contribution is -2.53. The Bertz CT molecular complexity index is 704. The number of hydrogen-bond donors (Lipinski definition) is 2. The lowest BCUT2D eigenvalue weighted by molar-refractivity contribution is -0.138. The summed E-state index contributed by atoms with van der Waals surface area (Å²) < 4.78 is 44.6. The molecule has 0 aromatic heterocycles. The molecule has 2 rings (SSSR count). The molecule has 3 amide bonds. The molecule has 10 heteroatoms. The molecule has 0 radical (unpaired) electrons. The molecule has 1 aliphatic rings. The van der Waals surface area contributed by atoms with Crippen molar-refractivity contribution in [1.82, 2.24) is 20.4 Å². The van der Waals surface area contributed by atoms with E-state index in [2.05, 4.69) is 10.6 Å². The second-order valence-electron chi connectivity index (χ2n) is 6.79. The van der Waals surface area contributed by atoms with Crippen LogP contribution >= 0.6 is 0 Å². The number of hydrogen-bond acceptors (Lipinski definition) is 4. The number of alkyl halides is 3. The third-order valence-corrected chi connectivity index (χ3v) is 4.65. The number of nitrogens with one attached hydrogen (secondary N) is 2. The summed E-state index contributed by atoms with van der Waals surface area (Å²) in [4.78, 5) is 27.6. The van der Waals surface area contributed by atoms with Gasteiger partial charge in [0.15, 0.2) is 0 Å². The first-order valence-corrected chi connectivity index (χ1v) is 9.50. The highest BCUT2D eigenvalue weighted by Gasteiger charge is 2.34. The molecule has 29 heavy (non-hydrogen) atoms. The zero-order valence-electron chi connectivity index (χ0n) is 16.6. The van der Waals surface area contributed by atoms with Gasteiger partial charge in [-0.3, -0.25) is 9.69 Å². The highest BCUT2D eigenvalue weighted by Crippen LogP contribution is 2.34. The summed E-state index contributed by atoms with van der Waals surface area (Å²) in [6.45, 7) is 4.51. The first-order valence-electron chi connectivity index (χ1n) is 9.50. The fraction of sp³-hybridized carbons (Fsp3) is 0.579. The third-order valence-electron chi connectivity index (χ3n) is 4.65. The molecule has 1 aromatic rings. The first-order chi connectivity index (χ1) is 13.7. The summed E-state index contributed by atoms with van der Waals surface area (Å²) in [5, 5.41) is 5.35. The van der Waals surface area contributed by atoms with Crippen molar-refractivity contribution in [3.05, 3.63) is 29.3 Å². The smallest absolute Gasteiger partial charge is 0.416 e. The maximum atomic E-state index is 13.3. The number of benzene rings is 1. The van der Waals surface area contributed by atoms with Crippen LogP contribution in [0.15, 0.2) is 18.2 Å². The summed E-state index contributed by atoms with van der Waals surface area (Å²) in [6.07, 6.45) is -3.68. The van der Waals surface area contributed by atoms with E-state index in [-0.39, 0.29) is 30.3 Å². The Labute approximate surface area is 168 Å². The Balaban J connectivity index is 1.86. The van der Waals surface area contributed by atoms with Crippen molar-refractivity contribution in [2.75, 3.05) is 46.4 Å². The van der Waals surface area contributed by atoms with Gasteiger partial charge >= 0.3 is 12.2 Å². The Morgan fingerprint density at radius 3 is 2.41 bits per heavy atom. The number of amides is 3. The number of rotatable bonds is 7. The predicted octanol–water partition coefficient (Wildman–Crippen LogP) is 2.07. The monoisotopic (exact) mass is 416 g/mol. The van der Waals surface area contributed by atoms with E-state index in [0.29, 0.717) is 32.7 Å². The van der Waals surface area contributed by atoms with Gasteiger partial charge in [0.25, 0.3) is 0 Å². The maximum absolute atomic E-state index is 13.3. The molecule has 0 spiro atoms. The lowest BCUT2D eigenvalue weighted by atomic mass is 10.1. The van der Waals surface area contributed by atoms with Gasteiger partial charge in [0.05, 0.1) is 19.2 Å². The van der Waals surface area contributed by atoms with Crippen molar-refractivity contribution < 1.29 is 27.5 Å². The summed E-state index contributed by atoms with van der Waals surface area (Å²) in [5.74, 6) is 0.0513. The van der Waals surface area contributed by atoms with E-state index >= 15 is 0 Å². The maximum Gasteiger partial charge on any atom is 0.416 e. The van der Waals surface area contributed by atoms with Crippen LogP contribution < -0.4 is 15.4 Å². The molecule has 1 aliphatic heterocycles. The summed E-state index contributed by atoms with van der Waals surface area (Å²) in [6, 6.07) is 3.22. The molecule has 0 saturated carbocycles. The SMILES string of the molecule is CCCNC(=O)CN1CCN(C(=O)NCc2ccc(OC)cc2C(F)(F)F)CC1. The van der Waals surface area contributed by atoms with Gasteiger partial charge in [-0.15, -0.1) is 0 Å². The Hall–Kier alpha value is -2.49. The number of carbonyl (C=O) groups excluding carboxylic acids is 2. The van der Waals surface area contributed by atoms with E-state index in [1.807, 2.05) is 11.8 Å². The molecule has 1 aromatic carbocycles. The summed E-state index contributed by atoms with van der Waals surface area (Å²) in [7, 11) is 1.30. The molecular formula is C19H27F3N4O3. The molecule has 1 heterocycles. The molecule has 1 saturated heterocycles. The van der Waals surface area contributed by atoms with E-state index in [1.165, 1.54) is 24.1 Å². The fourth-order valence-electron chi connectivity index (χ4n) is 3.02. The number of methoxy groups -OCH3 is 1. The molecule has 0 aliphatic carbocycles. The number of piperazine rings is 1. The van der Waals surface area contributed by atoms with Gasteiger partial charge in [0.2, 0.25) is 5.91 Å². The second kappa shape index (κ2) is 10.3. The molecule has 0 bridgehead atoms. The van der Waals surface area contributed by atoms with E-state index in [1.54, 1.807) is 0 Å².